The van der Waals surface area contributed by atoms with Gasteiger partial charge in [-0.3, -0.25) is 4.57 Å². The van der Waals surface area contributed by atoms with Gasteiger partial charge >= 0.3 is 0 Å². The summed E-state index contributed by atoms with van der Waals surface area (Å²) in [5.74, 6) is 1.55. The highest BCUT2D eigenvalue weighted by Gasteiger charge is 2.03. The van der Waals surface area contributed by atoms with E-state index < -0.39 is 0 Å². The van der Waals surface area contributed by atoms with Crippen molar-refractivity contribution in [2.75, 3.05) is 0 Å². The minimum atomic E-state index is 0.386. The summed E-state index contributed by atoms with van der Waals surface area (Å²) in [7, 11) is 0. The van der Waals surface area contributed by atoms with Crippen molar-refractivity contribution in [3.63, 3.8) is 0 Å². The Morgan fingerprint density at radius 1 is 1.36 bits per heavy atom. The fourth-order valence-corrected chi connectivity index (χ4v) is 1.32. The van der Waals surface area contributed by atoms with Crippen molar-refractivity contribution in [3.8, 4) is 5.82 Å². The summed E-state index contributed by atoms with van der Waals surface area (Å²) in [5, 5.41) is 0.614. The molecule has 0 atom stereocenters. The second-order valence-corrected chi connectivity index (χ2v) is 3.19. The van der Waals surface area contributed by atoms with Crippen molar-refractivity contribution in [2.24, 2.45) is 5.73 Å². The van der Waals surface area contributed by atoms with Gasteiger partial charge in [0.2, 0.25) is 0 Å². The fraction of sp³-hybridized carbons (Fsp3) is 0.111. The summed E-state index contributed by atoms with van der Waals surface area (Å²) in [6.07, 6.45) is 5.11. The molecule has 2 heterocycles. The molecule has 0 unspecified atom stereocenters. The number of aromatic nitrogens is 3. The van der Waals surface area contributed by atoms with Gasteiger partial charge < -0.3 is 5.73 Å². The number of imidazole rings is 1. The first kappa shape index (κ1) is 9.18. The van der Waals surface area contributed by atoms with Gasteiger partial charge in [-0.15, -0.1) is 0 Å². The third-order valence-electron chi connectivity index (χ3n) is 1.86. The Labute approximate surface area is 86.4 Å². The summed E-state index contributed by atoms with van der Waals surface area (Å²) in [6.45, 7) is 0.386. The zero-order valence-corrected chi connectivity index (χ0v) is 8.15. The van der Waals surface area contributed by atoms with Crippen LogP contribution in [0.5, 0.6) is 0 Å². The average molecular weight is 209 g/mol. The molecule has 4 nitrogen and oxygen atoms in total. The van der Waals surface area contributed by atoms with Gasteiger partial charge in [0, 0.05) is 18.6 Å². The number of hydrogen-bond acceptors (Lipinski definition) is 3. The lowest BCUT2D eigenvalue weighted by atomic mass is 10.4. The van der Waals surface area contributed by atoms with Crippen LogP contribution in [-0.2, 0) is 6.54 Å². The van der Waals surface area contributed by atoms with Gasteiger partial charge in [0.05, 0.1) is 11.6 Å². The van der Waals surface area contributed by atoms with E-state index >= 15 is 0 Å². The zero-order chi connectivity index (χ0) is 9.97. The lowest BCUT2D eigenvalue weighted by Gasteiger charge is -2.04. The van der Waals surface area contributed by atoms with Crippen LogP contribution in [0.4, 0.5) is 0 Å². The van der Waals surface area contributed by atoms with Gasteiger partial charge in [-0.25, -0.2) is 9.97 Å². The summed E-state index contributed by atoms with van der Waals surface area (Å²) >= 11 is 5.73. The molecule has 5 heteroatoms. The van der Waals surface area contributed by atoms with Crippen LogP contribution in [0.25, 0.3) is 5.82 Å². The van der Waals surface area contributed by atoms with E-state index in [1.54, 1.807) is 18.5 Å². The Balaban J connectivity index is 2.44. The predicted octanol–water partition coefficient (Wildman–Crippen LogP) is 1.38. The summed E-state index contributed by atoms with van der Waals surface area (Å²) in [6, 6.07) is 3.60. The van der Waals surface area contributed by atoms with Crippen molar-refractivity contribution in [2.45, 2.75) is 6.54 Å². The first-order valence-electron chi connectivity index (χ1n) is 4.15. The quantitative estimate of drug-likeness (QED) is 0.811. The number of pyridine rings is 1. The molecule has 2 aromatic heterocycles. The molecule has 0 bridgehead atoms. The molecule has 0 radical (unpaired) electrons. The predicted molar refractivity (Wildman–Crippen MR) is 54.3 cm³/mol. The number of halogens is 1. The molecule has 0 aromatic carbocycles. The van der Waals surface area contributed by atoms with Crippen LogP contribution in [0.2, 0.25) is 5.02 Å². The fourth-order valence-electron chi connectivity index (χ4n) is 1.20. The third-order valence-corrected chi connectivity index (χ3v) is 2.08. The largest absolute Gasteiger partial charge is 0.324 e. The van der Waals surface area contributed by atoms with Crippen LogP contribution >= 0.6 is 11.6 Å². The minimum Gasteiger partial charge on any atom is -0.324 e. The molecule has 0 aliphatic rings. The van der Waals surface area contributed by atoms with E-state index in [0.717, 1.165) is 11.6 Å². The molecule has 2 rings (SSSR count). The van der Waals surface area contributed by atoms with Crippen LogP contribution in [0, 0.1) is 0 Å². The Morgan fingerprint density at radius 3 is 2.86 bits per heavy atom. The average Bonchev–Trinajstić information content (AvgIpc) is 2.67. The second-order valence-electron chi connectivity index (χ2n) is 2.75. The molecule has 0 saturated heterocycles. The van der Waals surface area contributed by atoms with E-state index in [9.17, 15) is 0 Å². The van der Waals surface area contributed by atoms with Gasteiger partial charge in [0.1, 0.15) is 11.6 Å². The lowest BCUT2D eigenvalue weighted by molar-refractivity contribution is 0.848. The van der Waals surface area contributed by atoms with Crippen LogP contribution in [0.3, 0.4) is 0 Å². The number of nitrogens with zero attached hydrogens (tertiary/aromatic N) is 3. The van der Waals surface area contributed by atoms with E-state index in [-0.39, 0.29) is 0 Å². The van der Waals surface area contributed by atoms with Gasteiger partial charge in [-0.1, -0.05) is 11.6 Å². The molecule has 72 valence electrons. The van der Waals surface area contributed by atoms with Crippen LogP contribution in [0.1, 0.15) is 5.82 Å². The van der Waals surface area contributed by atoms with Gasteiger partial charge in [0.15, 0.2) is 0 Å². The monoisotopic (exact) mass is 208 g/mol. The normalized spacial score (nSPS) is 10.4. The minimum absolute atomic E-state index is 0.386. The summed E-state index contributed by atoms with van der Waals surface area (Å²) in [5.41, 5.74) is 5.53. The molecular formula is C9H9ClN4. The molecular weight excluding hydrogens is 200 g/mol. The topological polar surface area (TPSA) is 56.7 Å². The Kier molecular flexibility index (Phi) is 2.47. The Hall–Kier alpha value is -1.39. The molecule has 14 heavy (non-hydrogen) atoms. The van der Waals surface area contributed by atoms with Gasteiger partial charge in [-0.2, -0.15) is 0 Å². The molecule has 2 N–H and O–H groups in total. The Morgan fingerprint density at radius 2 is 2.21 bits per heavy atom. The molecule has 0 aliphatic carbocycles. The third kappa shape index (κ3) is 1.62. The van der Waals surface area contributed by atoms with Gasteiger partial charge in [0.25, 0.3) is 0 Å². The zero-order valence-electron chi connectivity index (χ0n) is 7.39. The van der Waals surface area contributed by atoms with E-state index in [1.165, 1.54) is 0 Å². The number of hydrogen-bond donors (Lipinski definition) is 1. The first-order valence-corrected chi connectivity index (χ1v) is 4.53. The smallest absolute Gasteiger partial charge is 0.138 e. The number of rotatable bonds is 2. The van der Waals surface area contributed by atoms with Crippen molar-refractivity contribution >= 4 is 11.6 Å². The molecule has 0 spiro atoms. The van der Waals surface area contributed by atoms with Crippen molar-refractivity contribution in [3.05, 3.63) is 41.6 Å². The molecule has 0 amide bonds. The standard InChI is InChI=1S/C9H9ClN4/c10-7-1-2-8(13-6-7)14-4-3-12-9(14)5-11/h1-4,6H,5,11H2. The van der Waals surface area contributed by atoms with Gasteiger partial charge in [-0.05, 0) is 12.1 Å². The highest BCUT2D eigenvalue weighted by atomic mass is 35.5. The first-order chi connectivity index (χ1) is 6.81. The summed E-state index contributed by atoms with van der Waals surface area (Å²) in [4.78, 5) is 8.26. The molecule has 2 aromatic rings. The highest BCUT2D eigenvalue weighted by Crippen LogP contribution is 2.11. The summed E-state index contributed by atoms with van der Waals surface area (Å²) < 4.78 is 1.83. The molecule has 0 fully saturated rings. The lowest BCUT2D eigenvalue weighted by Crippen LogP contribution is -2.07. The van der Waals surface area contributed by atoms with Crippen molar-refractivity contribution in [1.82, 2.24) is 14.5 Å². The highest BCUT2D eigenvalue weighted by molar-refractivity contribution is 6.30. The SMILES string of the molecule is NCc1nccn1-c1ccc(Cl)cn1. The van der Waals surface area contributed by atoms with Crippen LogP contribution < -0.4 is 5.73 Å². The maximum atomic E-state index is 5.73. The number of nitrogens with two attached hydrogens (primary N) is 1. The van der Waals surface area contributed by atoms with E-state index in [0.29, 0.717) is 11.6 Å². The van der Waals surface area contributed by atoms with E-state index in [2.05, 4.69) is 9.97 Å². The van der Waals surface area contributed by atoms with Crippen LogP contribution in [-0.4, -0.2) is 14.5 Å². The maximum Gasteiger partial charge on any atom is 0.138 e. The second kappa shape index (κ2) is 3.77. The van der Waals surface area contributed by atoms with Crippen molar-refractivity contribution in [1.29, 1.82) is 0 Å². The molecule has 0 saturated carbocycles. The van der Waals surface area contributed by atoms with Crippen LogP contribution in [0.15, 0.2) is 30.7 Å². The Bertz CT molecular complexity index is 421. The molecule has 0 aliphatic heterocycles. The van der Waals surface area contributed by atoms with Crippen molar-refractivity contribution < 1.29 is 0 Å². The van der Waals surface area contributed by atoms with E-state index in [1.807, 2.05) is 16.8 Å². The van der Waals surface area contributed by atoms with E-state index in [4.69, 9.17) is 17.3 Å². The maximum absolute atomic E-state index is 5.73.